The Morgan fingerprint density at radius 1 is 1.14 bits per heavy atom. The Morgan fingerprint density at radius 3 is 2.90 bits per heavy atom. The molecule has 1 aromatic carbocycles. The Balaban J connectivity index is 1.67. The van der Waals surface area contributed by atoms with E-state index < -0.39 is 0 Å². The Kier molecular flexibility index (Phi) is 3.48. The molecule has 1 saturated carbocycles. The fourth-order valence-electron chi connectivity index (χ4n) is 4.44. The van der Waals surface area contributed by atoms with Crippen molar-refractivity contribution in [2.45, 2.75) is 51.2 Å². The van der Waals surface area contributed by atoms with Gasteiger partial charge in [0.15, 0.2) is 0 Å². The van der Waals surface area contributed by atoms with Gasteiger partial charge in [-0.1, -0.05) is 24.6 Å². The molecular weight excluding hydrogens is 260 g/mol. The third kappa shape index (κ3) is 2.29. The summed E-state index contributed by atoms with van der Waals surface area (Å²) in [6.07, 6.45) is 6.98. The molecule has 2 N–H and O–H groups in total. The number of nitrogens with two attached hydrogens (primary N) is 1. The Morgan fingerprint density at radius 2 is 2.00 bits per heavy atom. The van der Waals surface area contributed by atoms with Crippen LogP contribution in [0.5, 0.6) is 0 Å². The molecule has 1 saturated heterocycles. The van der Waals surface area contributed by atoms with E-state index in [4.69, 9.17) is 10.2 Å². The highest BCUT2D eigenvalue weighted by molar-refractivity contribution is 5.82. The second-order valence-corrected chi connectivity index (χ2v) is 6.58. The van der Waals surface area contributed by atoms with E-state index in [-0.39, 0.29) is 0 Å². The molecule has 2 fully saturated rings. The van der Waals surface area contributed by atoms with Crippen LogP contribution in [-0.2, 0) is 13.1 Å². The number of furan rings is 1. The lowest BCUT2D eigenvalue weighted by Gasteiger charge is -2.37. The van der Waals surface area contributed by atoms with Crippen molar-refractivity contribution < 1.29 is 4.42 Å². The first kappa shape index (κ1) is 13.4. The Hall–Kier alpha value is -1.32. The van der Waals surface area contributed by atoms with Gasteiger partial charge in [0.25, 0.3) is 0 Å². The highest BCUT2D eigenvalue weighted by atomic mass is 16.3. The lowest BCUT2D eigenvalue weighted by atomic mass is 9.91. The zero-order valence-electron chi connectivity index (χ0n) is 12.6. The van der Waals surface area contributed by atoms with Gasteiger partial charge in [-0.25, -0.2) is 0 Å². The molecule has 4 rings (SSSR count). The predicted octanol–water partition coefficient (Wildman–Crippen LogP) is 3.66. The number of likely N-dealkylation sites (tertiary alicyclic amines) is 1. The average molecular weight is 284 g/mol. The Bertz CT molecular complexity index is 633. The molecule has 21 heavy (non-hydrogen) atoms. The molecule has 0 bridgehead atoms. The number of hydrogen-bond acceptors (Lipinski definition) is 3. The first-order valence-corrected chi connectivity index (χ1v) is 8.30. The summed E-state index contributed by atoms with van der Waals surface area (Å²) in [5.74, 6) is 1.90. The number of piperidine rings is 1. The summed E-state index contributed by atoms with van der Waals surface area (Å²) in [7, 11) is 0. The van der Waals surface area contributed by atoms with E-state index in [0.717, 1.165) is 29.8 Å². The van der Waals surface area contributed by atoms with Crippen LogP contribution >= 0.6 is 0 Å². The van der Waals surface area contributed by atoms with Crippen molar-refractivity contribution >= 4 is 11.0 Å². The Labute approximate surface area is 126 Å². The van der Waals surface area contributed by atoms with Crippen molar-refractivity contribution in [3.63, 3.8) is 0 Å². The molecule has 0 radical (unpaired) electrons. The summed E-state index contributed by atoms with van der Waals surface area (Å²) in [6.45, 7) is 2.72. The lowest BCUT2D eigenvalue weighted by molar-refractivity contribution is 0.105. The number of hydrogen-bond donors (Lipinski definition) is 1. The molecule has 1 aliphatic carbocycles. The van der Waals surface area contributed by atoms with Crippen LogP contribution < -0.4 is 5.73 Å². The van der Waals surface area contributed by atoms with Gasteiger partial charge in [0.1, 0.15) is 11.3 Å². The van der Waals surface area contributed by atoms with E-state index in [1.54, 1.807) is 0 Å². The van der Waals surface area contributed by atoms with Gasteiger partial charge in [0.05, 0.1) is 6.54 Å². The number of para-hydroxylation sites is 1. The zero-order chi connectivity index (χ0) is 14.2. The third-order valence-corrected chi connectivity index (χ3v) is 5.44. The van der Waals surface area contributed by atoms with Crippen molar-refractivity contribution in [3.8, 4) is 0 Å². The lowest BCUT2D eigenvalue weighted by Crippen LogP contribution is -2.42. The monoisotopic (exact) mass is 284 g/mol. The van der Waals surface area contributed by atoms with Crippen molar-refractivity contribution in [3.05, 3.63) is 35.6 Å². The first-order valence-electron chi connectivity index (χ1n) is 8.30. The van der Waals surface area contributed by atoms with Crippen LogP contribution in [-0.4, -0.2) is 17.5 Å². The summed E-state index contributed by atoms with van der Waals surface area (Å²) in [6, 6.07) is 9.13. The van der Waals surface area contributed by atoms with Crippen LogP contribution in [0.25, 0.3) is 11.0 Å². The quantitative estimate of drug-likeness (QED) is 0.935. The molecule has 2 unspecified atom stereocenters. The highest BCUT2D eigenvalue weighted by Crippen LogP contribution is 2.38. The van der Waals surface area contributed by atoms with Crippen LogP contribution in [0.4, 0.5) is 0 Å². The second kappa shape index (κ2) is 5.47. The van der Waals surface area contributed by atoms with Crippen LogP contribution in [0.3, 0.4) is 0 Å². The van der Waals surface area contributed by atoms with Crippen molar-refractivity contribution in [1.29, 1.82) is 0 Å². The van der Waals surface area contributed by atoms with Gasteiger partial charge < -0.3 is 10.2 Å². The van der Waals surface area contributed by atoms with Crippen LogP contribution in [0.15, 0.2) is 28.7 Å². The molecule has 2 aliphatic rings. The van der Waals surface area contributed by atoms with Crippen LogP contribution in [0.2, 0.25) is 0 Å². The minimum absolute atomic E-state index is 0.492. The molecule has 2 heterocycles. The number of benzene rings is 1. The zero-order valence-corrected chi connectivity index (χ0v) is 12.6. The van der Waals surface area contributed by atoms with E-state index in [2.05, 4.69) is 17.0 Å². The molecule has 2 atom stereocenters. The maximum atomic E-state index is 5.95. The fraction of sp³-hybridized carbons (Fsp3) is 0.556. The summed E-state index contributed by atoms with van der Waals surface area (Å²) < 4.78 is 5.95. The predicted molar refractivity (Wildman–Crippen MR) is 84.9 cm³/mol. The third-order valence-electron chi connectivity index (χ3n) is 5.44. The van der Waals surface area contributed by atoms with E-state index >= 15 is 0 Å². The fourth-order valence-corrected chi connectivity index (χ4v) is 4.44. The van der Waals surface area contributed by atoms with Gasteiger partial charge in [-0.2, -0.15) is 0 Å². The van der Waals surface area contributed by atoms with Gasteiger partial charge in [-0.05, 0) is 44.2 Å². The molecule has 112 valence electrons. The molecule has 0 spiro atoms. The maximum absolute atomic E-state index is 5.95. The van der Waals surface area contributed by atoms with E-state index in [1.807, 2.05) is 12.1 Å². The van der Waals surface area contributed by atoms with Gasteiger partial charge >= 0.3 is 0 Å². The van der Waals surface area contributed by atoms with Crippen molar-refractivity contribution in [1.82, 2.24) is 4.90 Å². The van der Waals surface area contributed by atoms with Crippen molar-refractivity contribution in [2.24, 2.45) is 11.7 Å². The highest BCUT2D eigenvalue weighted by Gasteiger charge is 2.35. The largest absolute Gasteiger partial charge is 0.459 e. The average Bonchev–Trinajstić information content (AvgIpc) is 3.12. The van der Waals surface area contributed by atoms with Gasteiger partial charge in [-0.3, -0.25) is 4.90 Å². The SMILES string of the molecule is NCc1oc2ccccc2c1CN1CCCC2CCCC21. The summed E-state index contributed by atoms with van der Waals surface area (Å²) in [5.41, 5.74) is 8.21. The van der Waals surface area contributed by atoms with Gasteiger partial charge in [0.2, 0.25) is 0 Å². The molecular formula is C18H24N2O. The normalized spacial score (nSPS) is 26.3. The van der Waals surface area contributed by atoms with Gasteiger partial charge in [0, 0.05) is 23.5 Å². The topological polar surface area (TPSA) is 42.4 Å². The minimum atomic E-state index is 0.492. The number of fused-ring (bicyclic) bond motifs is 2. The summed E-state index contributed by atoms with van der Waals surface area (Å²) in [5, 5.41) is 1.25. The minimum Gasteiger partial charge on any atom is -0.459 e. The van der Waals surface area contributed by atoms with Crippen molar-refractivity contribution in [2.75, 3.05) is 6.54 Å². The van der Waals surface area contributed by atoms with Gasteiger partial charge in [-0.15, -0.1) is 0 Å². The summed E-state index contributed by atoms with van der Waals surface area (Å²) >= 11 is 0. The van der Waals surface area contributed by atoms with E-state index in [0.29, 0.717) is 6.54 Å². The molecule has 2 aromatic rings. The molecule has 3 heteroatoms. The number of rotatable bonds is 3. The second-order valence-electron chi connectivity index (χ2n) is 6.58. The first-order chi connectivity index (χ1) is 10.4. The maximum Gasteiger partial charge on any atom is 0.134 e. The smallest absolute Gasteiger partial charge is 0.134 e. The summed E-state index contributed by atoms with van der Waals surface area (Å²) in [4.78, 5) is 2.69. The molecule has 1 aromatic heterocycles. The molecule has 0 amide bonds. The number of nitrogens with zero attached hydrogens (tertiary/aromatic N) is 1. The van der Waals surface area contributed by atoms with E-state index in [9.17, 15) is 0 Å². The molecule has 3 nitrogen and oxygen atoms in total. The van der Waals surface area contributed by atoms with E-state index in [1.165, 1.54) is 49.6 Å². The molecule has 1 aliphatic heterocycles. The standard InChI is InChI=1S/C18H24N2O/c19-11-18-15(14-7-1-2-9-17(14)21-18)12-20-10-4-6-13-5-3-8-16(13)20/h1-2,7,9,13,16H,3-6,8,10-12,19H2. The van der Waals surface area contributed by atoms with Crippen LogP contribution in [0, 0.1) is 5.92 Å². The van der Waals surface area contributed by atoms with Crippen LogP contribution in [0.1, 0.15) is 43.4 Å².